The summed E-state index contributed by atoms with van der Waals surface area (Å²) < 4.78 is 5.64. The maximum Gasteiger partial charge on any atom is 0.236 e. The second kappa shape index (κ2) is 7.01. The fourth-order valence-electron chi connectivity index (χ4n) is 1.62. The van der Waals surface area contributed by atoms with Gasteiger partial charge >= 0.3 is 0 Å². The predicted octanol–water partition coefficient (Wildman–Crippen LogP) is 1.49. The maximum absolute atomic E-state index is 11.3. The lowest BCUT2D eigenvalue weighted by atomic mass is 10.2. The van der Waals surface area contributed by atoms with Crippen LogP contribution >= 0.6 is 0 Å². The van der Waals surface area contributed by atoms with Crippen LogP contribution in [0.5, 0.6) is 5.75 Å². The van der Waals surface area contributed by atoms with Crippen molar-refractivity contribution in [1.82, 2.24) is 10.6 Å². The smallest absolute Gasteiger partial charge is 0.236 e. The highest BCUT2D eigenvalue weighted by molar-refractivity contribution is 5.80. The molecule has 100 valence electrons. The topological polar surface area (TPSA) is 50.4 Å². The number of carbonyl (C=O) groups excluding carboxylic acids is 1. The first-order chi connectivity index (χ1) is 8.52. The van der Waals surface area contributed by atoms with Gasteiger partial charge in [0.25, 0.3) is 0 Å². The molecule has 0 aliphatic heterocycles. The molecule has 2 atom stereocenters. The Labute approximate surface area is 109 Å². The third kappa shape index (κ3) is 4.75. The zero-order valence-corrected chi connectivity index (χ0v) is 11.5. The molecule has 0 radical (unpaired) electrons. The Balaban J connectivity index is 2.34. The van der Waals surface area contributed by atoms with Gasteiger partial charge in [0, 0.05) is 13.1 Å². The summed E-state index contributed by atoms with van der Waals surface area (Å²) in [6, 6.07) is 7.82. The van der Waals surface area contributed by atoms with E-state index in [4.69, 9.17) is 4.74 Å². The summed E-state index contributed by atoms with van der Waals surface area (Å²) in [6.07, 6.45) is 0. The van der Waals surface area contributed by atoms with Gasteiger partial charge in [-0.1, -0.05) is 17.7 Å². The molecule has 0 bridgehead atoms. The minimum atomic E-state index is -0.216. The van der Waals surface area contributed by atoms with E-state index in [2.05, 4.69) is 10.6 Å². The van der Waals surface area contributed by atoms with Gasteiger partial charge in [-0.3, -0.25) is 4.79 Å². The quantitative estimate of drug-likeness (QED) is 0.804. The summed E-state index contributed by atoms with van der Waals surface area (Å²) in [5.74, 6) is 0.832. The second-order valence-electron chi connectivity index (χ2n) is 4.53. The van der Waals surface area contributed by atoms with Crippen LogP contribution in [0.25, 0.3) is 0 Å². The fraction of sp³-hybridized carbons (Fsp3) is 0.500. The molecule has 0 aliphatic rings. The van der Waals surface area contributed by atoms with E-state index in [1.54, 1.807) is 7.05 Å². The Hall–Kier alpha value is -1.55. The van der Waals surface area contributed by atoms with Gasteiger partial charge in [-0.15, -0.1) is 0 Å². The second-order valence-corrected chi connectivity index (χ2v) is 4.53. The highest BCUT2D eigenvalue weighted by Crippen LogP contribution is 2.11. The summed E-state index contributed by atoms with van der Waals surface area (Å²) in [6.45, 7) is 6.40. The zero-order chi connectivity index (χ0) is 13.5. The normalized spacial score (nSPS) is 13.8. The monoisotopic (exact) mass is 250 g/mol. The van der Waals surface area contributed by atoms with E-state index in [-0.39, 0.29) is 18.0 Å². The van der Waals surface area contributed by atoms with E-state index < -0.39 is 0 Å². The molecule has 0 aromatic heterocycles. The largest absolute Gasteiger partial charge is 0.492 e. The first kappa shape index (κ1) is 14.5. The Kier molecular flexibility index (Phi) is 5.65. The molecule has 0 spiro atoms. The summed E-state index contributed by atoms with van der Waals surface area (Å²) in [5, 5.41) is 5.78. The molecule has 0 saturated carbocycles. The number of amides is 1. The lowest BCUT2D eigenvalue weighted by molar-refractivity contribution is -0.122. The third-order valence-corrected chi connectivity index (χ3v) is 2.70. The highest BCUT2D eigenvalue weighted by atomic mass is 16.5. The van der Waals surface area contributed by atoms with E-state index in [0.29, 0.717) is 6.61 Å². The van der Waals surface area contributed by atoms with Gasteiger partial charge in [0.1, 0.15) is 12.4 Å². The molecule has 0 fully saturated rings. The standard InChI is InChI=1S/C14H22N2O2/c1-10-5-7-13(8-6-10)18-9-11(2)16-12(3)14(17)15-4/h5-8,11-12,16H,9H2,1-4H3,(H,15,17). The van der Waals surface area contributed by atoms with Crippen LogP contribution in [0.1, 0.15) is 19.4 Å². The van der Waals surface area contributed by atoms with Crippen molar-refractivity contribution in [2.45, 2.75) is 32.9 Å². The van der Waals surface area contributed by atoms with Gasteiger partial charge in [-0.25, -0.2) is 0 Å². The van der Waals surface area contributed by atoms with Crippen LogP contribution in [0.2, 0.25) is 0 Å². The van der Waals surface area contributed by atoms with Crippen LogP contribution in [0.4, 0.5) is 0 Å². The van der Waals surface area contributed by atoms with Crippen molar-refractivity contribution in [1.29, 1.82) is 0 Å². The van der Waals surface area contributed by atoms with Crippen molar-refractivity contribution in [3.8, 4) is 5.75 Å². The first-order valence-corrected chi connectivity index (χ1v) is 6.20. The number of hydrogen-bond acceptors (Lipinski definition) is 3. The molecule has 1 aromatic rings. The zero-order valence-electron chi connectivity index (χ0n) is 11.5. The molecule has 0 saturated heterocycles. The number of likely N-dealkylation sites (N-methyl/N-ethyl adjacent to an activating group) is 1. The maximum atomic E-state index is 11.3. The van der Waals surface area contributed by atoms with Gasteiger partial charge in [0.2, 0.25) is 5.91 Å². The molecule has 0 aliphatic carbocycles. The minimum absolute atomic E-state index is 0.0165. The number of nitrogens with one attached hydrogen (secondary N) is 2. The Morgan fingerprint density at radius 1 is 1.28 bits per heavy atom. The molecule has 4 heteroatoms. The van der Waals surface area contributed by atoms with Crippen molar-refractivity contribution in [2.24, 2.45) is 0 Å². The molecule has 2 unspecified atom stereocenters. The molecular weight excluding hydrogens is 228 g/mol. The minimum Gasteiger partial charge on any atom is -0.492 e. The summed E-state index contributed by atoms with van der Waals surface area (Å²) >= 11 is 0. The number of hydrogen-bond donors (Lipinski definition) is 2. The summed E-state index contributed by atoms with van der Waals surface area (Å²) in [5.41, 5.74) is 1.21. The summed E-state index contributed by atoms with van der Waals surface area (Å²) in [7, 11) is 1.63. The Morgan fingerprint density at radius 3 is 2.44 bits per heavy atom. The lowest BCUT2D eigenvalue weighted by Gasteiger charge is -2.19. The molecule has 2 N–H and O–H groups in total. The average Bonchev–Trinajstić information content (AvgIpc) is 2.37. The van der Waals surface area contributed by atoms with Crippen LogP contribution in [0.3, 0.4) is 0 Å². The Bertz CT molecular complexity index is 376. The van der Waals surface area contributed by atoms with Crippen LogP contribution in [0, 0.1) is 6.92 Å². The number of rotatable bonds is 6. The summed E-state index contributed by atoms with van der Waals surface area (Å²) in [4.78, 5) is 11.3. The van der Waals surface area contributed by atoms with Gasteiger partial charge < -0.3 is 15.4 Å². The number of ether oxygens (including phenoxy) is 1. The Morgan fingerprint density at radius 2 is 1.89 bits per heavy atom. The van der Waals surface area contributed by atoms with E-state index in [1.807, 2.05) is 45.0 Å². The van der Waals surface area contributed by atoms with Crippen LogP contribution < -0.4 is 15.4 Å². The number of aryl methyl sites for hydroxylation is 1. The molecule has 18 heavy (non-hydrogen) atoms. The number of benzene rings is 1. The molecular formula is C14H22N2O2. The van der Waals surface area contributed by atoms with Crippen LogP contribution in [-0.2, 0) is 4.79 Å². The van der Waals surface area contributed by atoms with Crippen molar-refractivity contribution in [3.63, 3.8) is 0 Å². The highest BCUT2D eigenvalue weighted by Gasteiger charge is 2.13. The third-order valence-electron chi connectivity index (χ3n) is 2.70. The molecule has 1 aromatic carbocycles. The van der Waals surface area contributed by atoms with Crippen molar-refractivity contribution >= 4 is 5.91 Å². The molecule has 1 rings (SSSR count). The average molecular weight is 250 g/mol. The van der Waals surface area contributed by atoms with Gasteiger partial charge in [-0.2, -0.15) is 0 Å². The molecule has 1 amide bonds. The number of carbonyl (C=O) groups is 1. The predicted molar refractivity (Wildman–Crippen MR) is 72.8 cm³/mol. The molecule has 4 nitrogen and oxygen atoms in total. The first-order valence-electron chi connectivity index (χ1n) is 6.20. The van der Waals surface area contributed by atoms with Crippen molar-refractivity contribution in [2.75, 3.05) is 13.7 Å². The van der Waals surface area contributed by atoms with E-state index in [9.17, 15) is 4.79 Å². The SMILES string of the molecule is CNC(=O)C(C)NC(C)COc1ccc(C)cc1. The molecule has 0 heterocycles. The van der Waals surface area contributed by atoms with Crippen LogP contribution in [0.15, 0.2) is 24.3 Å². The lowest BCUT2D eigenvalue weighted by Crippen LogP contribution is -2.46. The van der Waals surface area contributed by atoms with E-state index >= 15 is 0 Å². The van der Waals surface area contributed by atoms with E-state index in [1.165, 1.54) is 5.56 Å². The van der Waals surface area contributed by atoms with Gasteiger partial charge in [0.05, 0.1) is 6.04 Å². The van der Waals surface area contributed by atoms with Crippen molar-refractivity contribution < 1.29 is 9.53 Å². The fourth-order valence-corrected chi connectivity index (χ4v) is 1.62. The van der Waals surface area contributed by atoms with Crippen LogP contribution in [-0.4, -0.2) is 31.6 Å². The van der Waals surface area contributed by atoms with E-state index in [0.717, 1.165) is 5.75 Å². The van der Waals surface area contributed by atoms with Crippen molar-refractivity contribution in [3.05, 3.63) is 29.8 Å². The van der Waals surface area contributed by atoms with Gasteiger partial charge in [0.15, 0.2) is 0 Å². The van der Waals surface area contributed by atoms with Gasteiger partial charge in [-0.05, 0) is 32.9 Å².